The maximum Gasteiger partial charge on any atom is 0.357 e. The average Bonchev–Trinajstić information content (AvgIpc) is 3.01. The molecule has 0 saturated heterocycles. The van der Waals surface area contributed by atoms with Gasteiger partial charge in [-0.3, -0.25) is 0 Å². The lowest BCUT2D eigenvalue weighted by atomic mass is 10.1. The number of hydrogen-bond donors (Lipinski definition) is 1. The summed E-state index contributed by atoms with van der Waals surface area (Å²) in [6, 6.07) is 13.5. The van der Waals surface area contributed by atoms with Gasteiger partial charge in [0.15, 0.2) is 5.69 Å². The Hall–Kier alpha value is -3.01. The molecule has 0 amide bonds. The van der Waals surface area contributed by atoms with Crippen molar-refractivity contribution in [1.29, 1.82) is 5.26 Å². The second-order valence-corrected chi connectivity index (χ2v) is 6.07. The standard InChI is InChI=1S/C18H11Cl2N3O3/c1-26-12-5-2-10(3-6-12)17-13(9-21)16(18(24)25)22-23(17)15-7-4-11(19)8-14(15)20/h2-8H,1H3,(H,24,25). The third kappa shape index (κ3) is 3.10. The molecule has 0 bridgehead atoms. The predicted molar refractivity (Wildman–Crippen MR) is 97.2 cm³/mol. The molecule has 8 heteroatoms. The molecule has 0 radical (unpaired) electrons. The van der Waals surface area contributed by atoms with Crippen LogP contribution in [0.4, 0.5) is 0 Å². The van der Waals surface area contributed by atoms with Crippen LogP contribution in [0.2, 0.25) is 10.0 Å². The van der Waals surface area contributed by atoms with Crippen molar-refractivity contribution < 1.29 is 14.6 Å². The predicted octanol–water partition coefficient (Wildman–Crippen LogP) is 4.42. The number of carboxylic acids is 1. The number of carboxylic acid groups (broad SMARTS) is 1. The lowest BCUT2D eigenvalue weighted by Crippen LogP contribution is -2.03. The van der Waals surface area contributed by atoms with E-state index >= 15 is 0 Å². The highest BCUT2D eigenvalue weighted by molar-refractivity contribution is 6.35. The second kappa shape index (κ2) is 7.08. The van der Waals surface area contributed by atoms with E-state index in [1.807, 2.05) is 6.07 Å². The highest BCUT2D eigenvalue weighted by Crippen LogP contribution is 2.33. The van der Waals surface area contributed by atoms with Crippen molar-refractivity contribution in [3.63, 3.8) is 0 Å². The molecule has 3 aromatic rings. The Kier molecular flexibility index (Phi) is 4.85. The van der Waals surface area contributed by atoms with E-state index in [2.05, 4.69) is 5.10 Å². The Morgan fingerprint density at radius 1 is 1.23 bits per heavy atom. The van der Waals surface area contributed by atoms with Gasteiger partial charge in [-0.25, -0.2) is 9.48 Å². The molecule has 130 valence electrons. The Bertz CT molecular complexity index is 1040. The van der Waals surface area contributed by atoms with E-state index < -0.39 is 5.97 Å². The molecule has 1 aromatic heterocycles. The van der Waals surface area contributed by atoms with Crippen molar-refractivity contribution in [2.45, 2.75) is 0 Å². The van der Waals surface area contributed by atoms with E-state index in [1.165, 1.54) is 17.9 Å². The van der Waals surface area contributed by atoms with Crippen LogP contribution in [0.1, 0.15) is 16.1 Å². The molecule has 0 saturated carbocycles. The van der Waals surface area contributed by atoms with Crippen molar-refractivity contribution in [1.82, 2.24) is 9.78 Å². The molecule has 0 aliphatic heterocycles. The van der Waals surface area contributed by atoms with Crippen LogP contribution in [0.3, 0.4) is 0 Å². The first-order valence-corrected chi connectivity index (χ1v) is 8.08. The van der Waals surface area contributed by atoms with Gasteiger partial charge in [-0.15, -0.1) is 0 Å². The number of benzene rings is 2. The van der Waals surface area contributed by atoms with E-state index in [9.17, 15) is 15.2 Å². The van der Waals surface area contributed by atoms with Gasteiger partial charge in [-0.05, 0) is 42.5 Å². The SMILES string of the molecule is COc1ccc(-c2c(C#N)c(C(=O)O)nn2-c2ccc(Cl)cc2Cl)cc1. The molecular weight excluding hydrogens is 377 g/mol. The Balaban J connectivity index is 2.33. The van der Waals surface area contributed by atoms with Crippen LogP contribution in [0.5, 0.6) is 5.75 Å². The first-order chi connectivity index (χ1) is 12.5. The Morgan fingerprint density at radius 3 is 2.46 bits per heavy atom. The smallest absolute Gasteiger partial charge is 0.357 e. The van der Waals surface area contributed by atoms with Gasteiger partial charge in [0, 0.05) is 10.6 Å². The fourth-order valence-electron chi connectivity index (χ4n) is 2.52. The maximum absolute atomic E-state index is 11.5. The van der Waals surface area contributed by atoms with Crippen molar-refractivity contribution in [3.05, 3.63) is 63.8 Å². The average molecular weight is 388 g/mol. The van der Waals surface area contributed by atoms with Crippen molar-refractivity contribution in [2.24, 2.45) is 0 Å². The fourth-order valence-corrected chi connectivity index (χ4v) is 3.01. The first-order valence-electron chi connectivity index (χ1n) is 7.32. The second-order valence-electron chi connectivity index (χ2n) is 5.23. The summed E-state index contributed by atoms with van der Waals surface area (Å²) in [5, 5.41) is 23.8. The number of rotatable bonds is 4. The van der Waals surface area contributed by atoms with Gasteiger partial charge in [0.25, 0.3) is 0 Å². The number of nitriles is 1. The number of hydrogen-bond acceptors (Lipinski definition) is 4. The molecule has 1 heterocycles. The first kappa shape index (κ1) is 17.8. The minimum Gasteiger partial charge on any atom is -0.497 e. The molecule has 0 aliphatic rings. The number of aromatic nitrogens is 2. The third-order valence-corrected chi connectivity index (χ3v) is 4.24. The zero-order valence-corrected chi connectivity index (χ0v) is 14.9. The zero-order chi connectivity index (χ0) is 18.8. The zero-order valence-electron chi connectivity index (χ0n) is 13.4. The summed E-state index contributed by atoms with van der Waals surface area (Å²) in [5.41, 5.74) is 0.897. The summed E-state index contributed by atoms with van der Waals surface area (Å²) in [6.07, 6.45) is 0. The maximum atomic E-state index is 11.5. The quantitative estimate of drug-likeness (QED) is 0.715. The summed E-state index contributed by atoms with van der Waals surface area (Å²) in [5.74, 6) is -0.679. The number of aromatic carboxylic acids is 1. The van der Waals surface area contributed by atoms with Crippen molar-refractivity contribution >= 4 is 29.2 Å². The van der Waals surface area contributed by atoms with Crippen LogP contribution in [0.15, 0.2) is 42.5 Å². The van der Waals surface area contributed by atoms with Crippen LogP contribution >= 0.6 is 23.2 Å². The topological polar surface area (TPSA) is 88.1 Å². The van der Waals surface area contributed by atoms with E-state index in [0.29, 0.717) is 27.7 Å². The van der Waals surface area contributed by atoms with E-state index in [4.69, 9.17) is 27.9 Å². The highest BCUT2D eigenvalue weighted by Gasteiger charge is 2.25. The minimum absolute atomic E-state index is 0.0614. The van der Waals surface area contributed by atoms with Crippen LogP contribution in [0, 0.1) is 11.3 Å². The van der Waals surface area contributed by atoms with Gasteiger partial charge in [0.2, 0.25) is 0 Å². The Labute approximate surface area is 158 Å². The summed E-state index contributed by atoms with van der Waals surface area (Å²) >= 11 is 12.2. The van der Waals surface area contributed by atoms with E-state index in [-0.39, 0.29) is 16.3 Å². The summed E-state index contributed by atoms with van der Waals surface area (Å²) in [4.78, 5) is 11.5. The molecular formula is C18H11Cl2N3O3. The molecule has 0 spiro atoms. The van der Waals surface area contributed by atoms with Crippen LogP contribution in [-0.2, 0) is 0 Å². The summed E-state index contributed by atoms with van der Waals surface area (Å²) in [7, 11) is 1.54. The Morgan fingerprint density at radius 2 is 1.92 bits per heavy atom. The normalized spacial score (nSPS) is 10.4. The molecule has 0 aliphatic carbocycles. The highest BCUT2D eigenvalue weighted by atomic mass is 35.5. The van der Waals surface area contributed by atoms with E-state index in [1.54, 1.807) is 36.4 Å². The number of ether oxygens (including phenoxy) is 1. The van der Waals surface area contributed by atoms with Gasteiger partial charge in [0.05, 0.1) is 23.5 Å². The third-order valence-electron chi connectivity index (χ3n) is 3.70. The van der Waals surface area contributed by atoms with Crippen molar-refractivity contribution in [2.75, 3.05) is 7.11 Å². The van der Waals surface area contributed by atoms with Gasteiger partial charge >= 0.3 is 5.97 Å². The number of carbonyl (C=O) groups is 1. The van der Waals surface area contributed by atoms with Gasteiger partial charge < -0.3 is 9.84 Å². The minimum atomic E-state index is -1.31. The molecule has 6 nitrogen and oxygen atoms in total. The molecule has 26 heavy (non-hydrogen) atoms. The molecule has 0 unspecified atom stereocenters. The lowest BCUT2D eigenvalue weighted by molar-refractivity contribution is 0.0689. The lowest BCUT2D eigenvalue weighted by Gasteiger charge is -2.10. The van der Waals surface area contributed by atoms with Gasteiger partial charge in [-0.1, -0.05) is 23.2 Å². The van der Waals surface area contributed by atoms with Gasteiger partial charge in [-0.2, -0.15) is 10.4 Å². The van der Waals surface area contributed by atoms with Crippen molar-refractivity contribution in [3.8, 4) is 28.8 Å². The van der Waals surface area contributed by atoms with Crippen LogP contribution in [0.25, 0.3) is 16.9 Å². The van der Waals surface area contributed by atoms with Gasteiger partial charge in [0.1, 0.15) is 17.4 Å². The molecule has 2 aromatic carbocycles. The number of halogens is 2. The molecule has 0 atom stereocenters. The molecule has 0 fully saturated rings. The van der Waals surface area contributed by atoms with Crippen LogP contribution < -0.4 is 4.74 Å². The summed E-state index contributed by atoms with van der Waals surface area (Å²) < 4.78 is 6.47. The fraction of sp³-hybridized carbons (Fsp3) is 0.0556. The molecule has 1 N–H and O–H groups in total. The summed E-state index contributed by atoms with van der Waals surface area (Å²) in [6.45, 7) is 0. The van der Waals surface area contributed by atoms with E-state index in [0.717, 1.165) is 0 Å². The number of methoxy groups -OCH3 is 1. The molecule has 3 rings (SSSR count). The largest absolute Gasteiger partial charge is 0.497 e. The van der Waals surface area contributed by atoms with Crippen LogP contribution in [-0.4, -0.2) is 28.0 Å². The number of nitrogens with zero attached hydrogens (tertiary/aromatic N) is 3. The monoisotopic (exact) mass is 387 g/mol.